The average Bonchev–Trinajstić information content (AvgIpc) is 2.19. The summed E-state index contributed by atoms with van der Waals surface area (Å²) < 4.78 is 44.3. The van der Waals surface area contributed by atoms with Crippen LogP contribution >= 0.6 is 22.6 Å². The van der Waals surface area contributed by atoms with Crippen LogP contribution in [0.1, 0.15) is 10.4 Å². The van der Waals surface area contributed by atoms with Gasteiger partial charge < -0.3 is 9.47 Å². The molecule has 0 bridgehead atoms. The maximum atomic E-state index is 12.0. The zero-order chi connectivity index (χ0) is 12.3. The van der Waals surface area contributed by atoms with Gasteiger partial charge in [0.15, 0.2) is 6.29 Å². The molecule has 16 heavy (non-hydrogen) atoms. The van der Waals surface area contributed by atoms with Gasteiger partial charge in [0, 0.05) is 6.20 Å². The molecule has 0 spiro atoms. The summed E-state index contributed by atoms with van der Waals surface area (Å²) in [4.78, 5) is 13.9. The molecule has 0 unspecified atom stereocenters. The Kier molecular flexibility index (Phi) is 3.94. The Morgan fingerprint density at radius 2 is 2.12 bits per heavy atom. The van der Waals surface area contributed by atoms with Gasteiger partial charge in [-0.05, 0) is 22.6 Å². The number of methoxy groups -OCH3 is 1. The van der Waals surface area contributed by atoms with Gasteiger partial charge in [-0.1, -0.05) is 0 Å². The molecule has 1 aromatic rings. The highest BCUT2D eigenvalue weighted by Gasteiger charge is 2.33. The molecule has 0 saturated heterocycles. The molecule has 0 aliphatic heterocycles. The van der Waals surface area contributed by atoms with Crippen molar-refractivity contribution in [2.24, 2.45) is 0 Å². The summed E-state index contributed by atoms with van der Waals surface area (Å²) in [6, 6.07) is 0. The lowest BCUT2D eigenvalue weighted by Crippen LogP contribution is -2.19. The number of carbonyl (C=O) groups is 1. The van der Waals surface area contributed by atoms with Gasteiger partial charge in [-0.15, -0.1) is 13.2 Å². The molecule has 0 saturated carbocycles. The van der Waals surface area contributed by atoms with Crippen molar-refractivity contribution in [1.29, 1.82) is 0 Å². The van der Waals surface area contributed by atoms with Gasteiger partial charge in [-0.3, -0.25) is 4.79 Å². The molecule has 1 aromatic heterocycles. The Balaban J connectivity index is 3.19. The maximum Gasteiger partial charge on any atom is 0.574 e. The van der Waals surface area contributed by atoms with Crippen molar-refractivity contribution in [3.63, 3.8) is 0 Å². The zero-order valence-corrected chi connectivity index (χ0v) is 10.00. The molecule has 88 valence electrons. The van der Waals surface area contributed by atoms with Crippen molar-refractivity contribution in [3.8, 4) is 11.6 Å². The number of pyridine rings is 1. The van der Waals surface area contributed by atoms with E-state index in [9.17, 15) is 18.0 Å². The smallest absolute Gasteiger partial charge is 0.495 e. The molecule has 8 heteroatoms. The summed E-state index contributed by atoms with van der Waals surface area (Å²) in [6.45, 7) is 0. The lowest BCUT2D eigenvalue weighted by atomic mass is 10.3. The van der Waals surface area contributed by atoms with Crippen molar-refractivity contribution in [1.82, 2.24) is 4.98 Å². The fourth-order valence-electron chi connectivity index (χ4n) is 0.939. The van der Waals surface area contributed by atoms with E-state index in [2.05, 4.69) is 9.72 Å². The summed E-state index contributed by atoms with van der Waals surface area (Å²) >= 11 is 1.56. The van der Waals surface area contributed by atoms with Crippen LogP contribution in [-0.4, -0.2) is 24.7 Å². The van der Waals surface area contributed by atoms with E-state index in [1.54, 1.807) is 22.6 Å². The monoisotopic (exact) mass is 347 g/mol. The van der Waals surface area contributed by atoms with E-state index in [-0.39, 0.29) is 14.9 Å². The third-order valence-corrected chi connectivity index (χ3v) is 2.46. The number of rotatable bonds is 3. The number of carbonyl (C=O) groups excluding carboxylic acids is 1. The van der Waals surface area contributed by atoms with E-state index in [0.29, 0.717) is 6.29 Å². The van der Waals surface area contributed by atoms with Crippen molar-refractivity contribution in [2.45, 2.75) is 6.36 Å². The Bertz CT molecular complexity index is 408. The first-order chi connectivity index (χ1) is 7.39. The van der Waals surface area contributed by atoms with E-state index >= 15 is 0 Å². The van der Waals surface area contributed by atoms with Crippen molar-refractivity contribution < 1.29 is 27.4 Å². The molecule has 1 heterocycles. The van der Waals surface area contributed by atoms with E-state index < -0.39 is 12.2 Å². The minimum absolute atomic E-state index is 0.00449. The van der Waals surface area contributed by atoms with Crippen LogP contribution in [0.5, 0.6) is 11.6 Å². The topological polar surface area (TPSA) is 48.4 Å². The number of hydrogen-bond donors (Lipinski definition) is 0. The first kappa shape index (κ1) is 13.0. The van der Waals surface area contributed by atoms with Crippen LogP contribution in [0.25, 0.3) is 0 Å². The van der Waals surface area contributed by atoms with E-state index in [1.807, 2.05) is 0 Å². The van der Waals surface area contributed by atoms with Gasteiger partial charge in [-0.2, -0.15) is 0 Å². The lowest BCUT2D eigenvalue weighted by Gasteiger charge is -2.12. The molecule has 0 radical (unpaired) electrons. The molecule has 0 N–H and O–H groups in total. The van der Waals surface area contributed by atoms with Gasteiger partial charge in [0.1, 0.15) is 9.32 Å². The molecule has 0 fully saturated rings. The fraction of sp³-hybridized carbons (Fsp3) is 0.250. The molecular weight excluding hydrogens is 342 g/mol. The molecule has 0 aliphatic rings. The first-order valence-electron chi connectivity index (χ1n) is 3.82. The maximum absolute atomic E-state index is 12.0. The Morgan fingerprint density at radius 3 is 2.56 bits per heavy atom. The minimum Gasteiger partial charge on any atom is -0.495 e. The number of alkyl halides is 3. The Labute approximate surface area is 102 Å². The number of aldehydes is 1. The predicted octanol–water partition coefficient (Wildman–Crippen LogP) is 2.41. The molecule has 0 aliphatic carbocycles. The SMILES string of the molecule is COc1c(C=O)cnc(OC(F)(F)F)c1I. The van der Waals surface area contributed by atoms with Crippen LogP contribution in [0.3, 0.4) is 0 Å². The van der Waals surface area contributed by atoms with Gasteiger partial charge in [0.2, 0.25) is 5.88 Å². The van der Waals surface area contributed by atoms with Crippen molar-refractivity contribution in [2.75, 3.05) is 7.11 Å². The second-order valence-corrected chi connectivity index (χ2v) is 3.61. The van der Waals surface area contributed by atoms with Gasteiger partial charge >= 0.3 is 6.36 Å². The summed E-state index contributed by atoms with van der Waals surface area (Å²) in [5.74, 6) is -0.639. The molecule has 0 amide bonds. The number of nitrogens with zero attached hydrogens (tertiary/aromatic N) is 1. The molecular formula is C8H5F3INO3. The molecule has 4 nitrogen and oxygen atoms in total. The average molecular weight is 347 g/mol. The summed E-state index contributed by atoms with van der Waals surface area (Å²) in [5, 5.41) is 0. The third-order valence-electron chi connectivity index (χ3n) is 1.51. The first-order valence-corrected chi connectivity index (χ1v) is 4.90. The van der Waals surface area contributed by atoms with Crippen molar-refractivity contribution in [3.05, 3.63) is 15.3 Å². The number of ether oxygens (including phenoxy) is 2. The minimum atomic E-state index is -4.83. The van der Waals surface area contributed by atoms with E-state index in [1.165, 1.54) is 7.11 Å². The summed E-state index contributed by atoms with van der Waals surface area (Å²) in [7, 11) is 1.24. The molecule has 0 aromatic carbocycles. The lowest BCUT2D eigenvalue weighted by molar-refractivity contribution is -0.276. The van der Waals surface area contributed by atoms with Crippen LogP contribution in [0.15, 0.2) is 6.20 Å². The van der Waals surface area contributed by atoms with Crippen molar-refractivity contribution >= 4 is 28.9 Å². The molecule has 1 rings (SSSR count). The second-order valence-electron chi connectivity index (χ2n) is 2.53. The highest BCUT2D eigenvalue weighted by atomic mass is 127. The van der Waals surface area contributed by atoms with E-state index in [4.69, 9.17) is 4.74 Å². The zero-order valence-electron chi connectivity index (χ0n) is 7.84. The predicted molar refractivity (Wildman–Crippen MR) is 55.6 cm³/mol. The summed E-state index contributed by atoms with van der Waals surface area (Å²) in [5.41, 5.74) is 0.0569. The fourth-order valence-corrected chi connectivity index (χ4v) is 1.72. The van der Waals surface area contributed by atoms with Gasteiger partial charge in [0.25, 0.3) is 0 Å². The standard InChI is InChI=1S/C8H5F3INO3/c1-15-6-4(3-14)2-13-7(5(6)12)16-8(9,10)11/h2-3H,1H3. The van der Waals surface area contributed by atoms with Crippen LogP contribution in [-0.2, 0) is 0 Å². The van der Waals surface area contributed by atoms with Gasteiger partial charge in [0.05, 0.1) is 12.7 Å². The quantitative estimate of drug-likeness (QED) is 0.623. The normalized spacial score (nSPS) is 11.1. The largest absolute Gasteiger partial charge is 0.574 e. The number of halogens is 4. The van der Waals surface area contributed by atoms with Crippen LogP contribution in [0, 0.1) is 3.57 Å². The Morgan fingerprint density at radius 1 is 1.50 bits per heavy atom. The third kappa shape index (κ3) is 2.97. The van der Waals surface area contributed by atoms with E-state index in [0.717, 1.165) is 6.20 Å². The highest BCUT2D eigenvalue weighted by Crippen LogP contribution is 2.33. The molecule has 0 atom stereocenters. The van der Waals surface area contributed by atoms with Crippen LogP contribution in [0.4, 0.5) is 13.2 Å². The second kappa shape index (κ2) is 4.85. The highest BCUT2D eigenvalue weighted by molar-refractivity contribution is 14.1. The Hall–Kier alpha value is -1.06. The van der Waals surface area contributed by atoms with Gasteiger partial charge in [-0.25, -0.2) is 4.98 Å². The summed E-state index contributed by atoms with van der Waals surface area (Å²) in [6.07, 6.45) is -3.44. The number of hydrogen-bond acceptors (Lipinski definition) is 4. The van der Waals surface area contributed by atoms with Crippen LogP contribution in [0.2, 0.25) is 0 Å². The van der Waals surface area contributed by atoms with Crippen LogP contribution < -0.4 is 9.47 Å². The number of aromatic nitrogens is 1.